The van der Waals surface area contributed by atoms with E-state index in [1.54, 1.807) is 0 Å². The summed E-state index contributed by atoms with van der Waals surface area (Å²) < 4.78 is 5.92. The Morgan fingerprint density at radius 3 is 3.11 bits per heavy atom. The van der Waals surface area contributed by atoms with Crippen LogP contribution < -0.4 is 10.1 Å². The van der Waals surface area contributed by atoms with Crippen molar-refractivity contribution in [2.45, 2.75) is 32.7 Å². The number of benzene rings is 1. The fourth-order valence-corrected chi connectivity index (χ4v) is 3.35. The first-order valence-corrected chi connectivity index (χ1v) is 8.56. The average Bonchev–Trinajstić information content (AvgIpc) is 2.60. The molecule has 2 atom stereocenters. The van der Waals surface area contributed by atoms with Crippen LogP contribution in [0, 0.1) is 12.8 Å². The summed E-state index contributed by atoms with van der Waals surface area (Å²) in [6.07, 6.45) is 4.47. The van der Waals surface area contributed by atoms with Crippen LogP contribution in [0.5, 0.6) is 5.75 Å². The van der Waals surface area contributed by atoms with E-state index in [1.807, 2.05) is 11.8 Å². The Kier molecular flexibility index (Phi) is 5.59. The van der Waals surface area contributed by atoms with Gasteiger partial charge in [0.1, 0.15) is 5.75 Å². The van der Waals surface area contributed by atoms with Crippen LogP contribution in [-0.2, 0) is 0 Å². The highest BCUT2D eigenvalue weighted by molar-refractivity contribution is 7.98. The Labute approximate surface area is 121 Å². The molecule has 0 fully saturated rings. The predicted octanol–water partition coefficient (Wildman–Crippen LogP) is 3.80. The van der Waals surface area contributed by atoms with E-state index in [9.17, 15) is 0 Å². The maximum absolute atomic E-state index is 5.92. The summed E-state index contributed by atoms with van der Waals surface area (Å²) >= 11 is 1.92. The van der Waals surface area contributed by atoms with Crippen LogP contribution in [0.2, 0.25) is 0 Å². The molecule has 0 bridgehead atoms. The van der Waals surface area contributed by atoms with E-state index in [0.717, 1.165) is 25.3 Å². The van der Waals surface area contributed by atoms with Crippen LogP contribution in [0.4, 0.5) is 0 Å². The zero-order valence-corrected chi connectivity index (χ0v) is 13.1. The molecule has 3 heteroatoms. The number of aryl methyl sites for hydroxylation is 1. The number of fused-ring (bicyclic) bond motifs is 1. The van der Waals surface area contributed by atoms with Gasteiger partial charge in [0.05, 0.1) is 6.61 Å². The number of nitrogens with one attached hydrogen (secondary N) is 1. The summed E-state index contributed by atoms with van der Waals surface area (Å²) in [6, 6.07) is 6.94. The molecule has 1 aromatic carbocycles. The molecule has 0 saturated heterocycles. The smallest absolute Gasteiger partial charge is 0.126 e. The maximum atomic E-state index is 5.92. The van der Waals surface area contributed by atoms with Crippen molar-refractivity contribution in [2.24, 2.45) is 5.92 Å². The molecule has 1 aliphatic rings. The fourth-order valence-electron chi connectivity index (χ4n) is 2.66. The van der Waals surface area contributed by atoms with E-state index in [2.05, 4.69) is 43.6 Å². The number of thioether (sulfide) groups is 1. The predicted molar refractivity (Wildman–Crippen MR) is 84.2 cm³/mol. The van der Waals surface area contributed by atoms with Crippen molar-refractivity contribution in [1.82, 2.24) is 5.32 Å². The Balaban J connectivity index is 2.07. The third-order valence-electron chi connectivity index (χ3n) is 3.67. The lowest BCUT2D eigenvalue weighted by Crippen LogP contribution is -2.27. The molecule has 1 heterocycles. The minimum absolute atomic E-state index is 0.446. The summed E-state index contributed by atoms with van der Waals surface area (Å²) in [4.78, 5) is 0. The van der Waals surface area contributed by atoms with Crippen LogP contribution in [0.25, 0.3) is 0 Å². The normalized spacial score (nSPS) is 20.3. The van der Waals surface area contributed by atoms with Gasteiger partial charge in [0.25, 0.3) is 0 Å². The fraction of sp³-hybridized carbons (Fsp3) is 0.625. The van der Waals surface area contributed by atoms with Gasteiger partial charge < -0.3 is 10.1 Å². The Morgan fingerprint density at radius 1 is 1.47 bits per heavy atom. The second kappa shape index (κ2) is 7.20. The quantitative estimate of drug-likeness (QED) is 0.886. The first kappa shape index (κ1) is 14.7. The van der Waals surface area contributed by atoms with Crippen molar-refractivity contribution >= 4 is 11.8 Å². The summed E-state index contributed by atoms with van der Waals surface area (Å²) in [6.45, 7) is 6.38. The van der Waals surface area contributed by atoms with Crippen molar-refractivity contribution in [1.29, 1.82) is 0 Å². The molecule has 0 spiro atoms. The number of para-hydroxylation sites is 1. The van der Waals surface area contributed by atoms with Crippen molar-refractivity contribution in [3.8, 4) is 5.75 Å². The van der Waals surface area contributed by atoms with E-state index in [1.165, 1.54) is 23.3 Å². The zero-order chi connectivity index (χ0) is 13.7. The minimum Gasteiger partial charge on any atom is -0.493 e. The van der Waals surface area contributed by atoms with Gasteiger partial charge in [-0.25, -0.2) is 0 Å². The highest BCUT2D eigenvalue weighted by Crippen LogP contribution is 2.34. The first-order valence-electron chi connectivity index (χ1n) is 7.17. The van der Waals surface area contributed by atoms with E-state index < -0.39 is 0 Å². The molecule has 1 aromatic rings. The summed E-state index contributed by atoms with van der Waals surface area (Å²) in [5.41, 5.74) is 2.59. The lowest BCUT2D eigenvalue weighted by Gasteiger charge is -2.21. The number of hydrogen-bond acceptors (Lipinski definition) is 3. The van der Waals surface area contributed by atoms with Gasteiger partial charge in [-0.1, -0.05) is 25.1 Å². The molecule has 0 amide bonds. The van der Waals surface area contributed by atoms with Gasteiger partial charge in [0, 0.05) is 11.6 Å². The maximum Gasteiger partial charge on any atom is 0.126 e. The highest BCUT2D eigenvalue weighted by atomic mass is 32.2. The molecule has 0 aromatic heterocycles. The number of hydrogen-bond donors (Lipinski definition) is 1. The molecule has 2 unspecified atom stereocenters. The molecule has 0 aliphatic carbocycles. The molecule has 1 aliphatic heterocycles. The second-order valence-electron chi connectivity index (χ2n) is 5.51. The summed E-state index contributed by atoms with van der Waals surface area (Å²) in [5, 5.41) is 3.74. The average molecular weight is 279 g/mol. The van der Waals surface area contributed by atoms with Crippen molar-refractivity contribution < 1.29 is 4.74 Å². The van der Waals surface area contributed by atoms with Gasteiger partial charge in [-0.3, -0.25) is 0 Å². The third kappa shape index (κ3) is 3.90. The highest BCUT2D eigenvalue weighted by Gasteiger charge is 2.20. The van der Waals surface area contributed by atoms with Crippen LogP contribution in [0.3, 0.4) is 0 Å². The zero-order valence-electron chi connectivity index (χ0n) is 12.2. The molecule has 1 N–H and O–H groups in total. The van der Waals surface area contributed by atoms with E-state index in [4.69, 9.17) is 4.74 Å². The van der Waals surface area contributed by atoms with Gasteiger partial charge in [0.2, 0.25) is 0 Å². The van der Waals surface area contributed by atoms with Crippen LogP contribution >= 0.6 is 11.8 Å². The van der Waals surface area contributed by atoms with Crippen molar-refractivity contribution in [2.75, 3.05) is 25.2 Å². The van der Waals surface area contributed by atoms with Gasteiger partial charge in [-0.15, -0.1) is 0 Å². The lowest BCUT2D eigenvalue weighted by molar-refractivity contribution is 0.313. The van der Waals surface area contributed by atoms with Gasteiger partial charge in [-0.2, -0.15) is 11.8 Å². The van der Waals surface area contributed by atoms with Gasteiger partial charge in [0.15, 0.2) is 0 Å². The van der Waals surface area contributed by atoms with Gasteiger partial charge in [-0.05, 0) is 49.8 Å². The summed E-state index contributed by atoms with van der Waals surface area (Å²) in [7, 11) is 0. The Morgan fingerprint density at radius 2 is 2.32 bits per heavy atom. The van der Waals surface area contributed by atoms with Crippen LogP contribution in [0.1, 0.15) is 36.9 Å². The SMILES string of the molecule is CSCC(C)CNC1CCCOc2c(C)cccc21. The molecule has 2 nitrogen and oxygen atoms in total. The lowest BCUT2D eigenvalue weighted by atomic mass is 9.99. The largest absolute Gasteiger partial charge is 0.493 e. The molecule has 19 heavy (non-hydrogen) atoms. The number of rotatable bonds is 5. The molecular weight excluding hydrogens is 254 g/mol. The number of ether oxygens (including phenoxy) is 1. The monoisotopic (exact) mass is 279 g/mol. The topological polar surface area (TPSA) is 21.3 Å². The minimum atomic E-state index is 0.446. The van der Waals surface area contributed by atoms with Crippen LogP contribution in [-0.4, -0.2) is 25.2 Å². The standard InChI is InChI=1S/C16H25NOS/c1-12(11-19-3)10-17-15-8-5-9-18-16-13(2)6-4-7-14(15)16/h4,6-7,12,15,17H,5,8-11H2,1-3H3. The van der Waals surface area contributed by atoms with Crippen molar-refractivity contribution in [3.63, 3.8) is 0 Å². The molecule has 2 rings (SSSR count). The molecule has 0 radical (unpaired) electrons. The molecule has 106 valence electrons. The molecular formula is C16H25NOS. The van der Waals surface area contributed by atoms with E-state index in [0.29, 0.717) is 12.0 Å². The second-order valence-corrected chi connectivity index (χ2v) is 6.42. The molecule has 0 saturated carbocycles. The van der Waals surface area contributed by atoms with Crippen LogP contribution in [0.15, 0.2) is 18.2 Å². The summed E-state index contributed by atoms with van der Waals surface area (Å²) in [5.74, 6) is 3.04. The van der Waals surface area contributed by atoms with Gasteiger partial charge >= 0.3 is 0 Å². The van der Waals surface area contributed by atoms with Crippen molar-refractivity contribution in [3.05, 3.63) is 29.3 Å². The Hall–Kier alpha value is -0.670. The third-order valence-corrected chi connectivity index (χ3v) is 4.57. The van der Waals surface area contributed by atoms with E-state index >= 15 is 0 Å². The van der Waals surface area contributed by atoms with E-state index in [-0.39, 0.29) is 0 Å². The Bertz CT molecular complexity index is 408. The first-order chi connectivity index (χ1) is 9.22.